The standard InChI is InChI=1S/C21H26N4O4/c1-3-7-15(22)20-25-18(12-29-20)19(26)24-17(21(27)28-4-2)10-13-11-23-16-9-6-5-8-14(13)16/h5-6,8-9,11-12,15,17,23H,3-4,7,10,22H2,1-2H3,(H,24,26). The highest BCUT2D eigenvalue weighted by Gasteiger charge is 2.26. The van der Waals surface area contributed by atoms with Crippen molar-refractivity contribution in [3.63, 3.8) is 0 Å². The number of nitrogens with one attached hydrogen (secondary N) is 2. The van der Waals surface area contributed by atoms with E-state index in [0.29, 0.717) is 12.3 Å². The molecule has 0 fully saturated rings. The number of ether oxygens (including phenoxy) is 1. The van der Waals surface area contributed by atoms with Crippen LogP contribution < -0.4 is 11.1 Å². The van der Waals surface area contributed by atoms with Crippen molar-refractivity contribution in [2.45, 2.75) is 45.2 Å². The predicted molar refractivity (Wildman–Crippen MR) is 108 cm³/mol. The highest BCUT2D eigenvalue weighted by molar-refractivity contribution is 5.95. The van der Waals surface area contributed by atoms with E-state index < -0.39 is 17.9 Å². The highest BCUT2D eigenvalue weighted by Crippen LogP contribution is 2.20. The van der Waals surface area contributed by atoms with E-state index in [2.05, 4.69) is 15.3 Å². The molecule has 2 aromatic heterocycles. The Morgan fingerprint density at radius 1 is 1.31 bits per heavy atom. The van der Waals surface area contributed by atoms with Crippen molar-refractivity contribution >= 4 is 22.8 Å². The number of hydrogen-bond acceptors (Lipinski definition) is 6. The van der Waals surface area contributed by atoms with Crippen LogP contribution in [0, 0.1) is 0 Å². The van der Waals surface area contributed by atoms with Gasteiger partial charge in [-0.1, -0.05) is 31.5 Å². The van der Waals surface area contributed by atoms with E-state index in [9.17, 15) is 9.59 Å². The summed E-state index contributed by atoms with van der Waals surface area (Å²) in [7, 11) is 0. The van der Waals surface area contributed by atoms with Crippen LogP contribution in [0.2, 0.25) is 0 Å². The molecule has 1 aromatic carbocycles. The minimum atomic E-state index is -0.855. The summed E-state index contributed by atoms with van der Waals surface area (Å²) in [5.74, 6) is -0.708. The van der Waals surface area contributed by atoms with Gasteiger partial charge in [0.05, 0.1) is 12.6 Å². The molecule has 4 N–H and O–H groups in total. The first kappa shape index (κ1) is 20.6. The second-order valence-electron chi connectivity index (χ2n) is 6.81. The Kier molecular flexibility index (Phi) is 6.66. The lowest BCUT2D eigenvalue weighted by molar-refractivity contribution is -0.145. The Morgan fingerprint density at radius 2 is 2.10 bits per heavy atom. The molecule has 2 atom stereocenters. The van der Waals surface area contributed by atoms with Gasteiger partial charge in [0.15, 0.2) is 5.69 Å². The van der Waals surface area contributed by atoms with Crippen molar-refractivity contribution in [2.24, 2.45) is 5.73 Å². The van der Waals surface area contributed by atoms with Gasteiger partial charge < -0.3 is 25.2 Å². The van der Waals surface area contributed by atoms with Gasteiger partial charge >= 0.3 is 5.97 Å². The number of aromatic amines is 1. The SMILES string of the molecule is CCCC(N)c1nc(C(=O)NC(Cc2c[nH]c3ccccc23)C(=O)OCC)co1. The largest absolute Gasteiger partial charge is 0.464 e. The lowest BCUT2D eigenvalue weighted by Gasteiger charge is -2.16. The summed E-state index contributed by atoms with van der Waals surface area (Å²) < 4.78 is 10.5. The Morgan fingerprint density at radius 3 is 2.86 bits per heavy atom. The number of esters is 1. The molecule has 0 radical (unpaired) electrons. The lowest BCUT2D eigenvalue weighted by atomic mass is 10.0. The number of hydrogen-bond donors (Lipinski definition) is 3. The number of carbonyl (C=O) groups excluding carboxylic acids is 2. The van der Waals surface area contributed by atoms with Crippen LogP contribution >= 0.6 is 0 Å². The van der Waals surface area contributed by atoms with Crippen molar-refractivity contribution in [1.29, 1.82) is 0 Å². The molecule has 2 unspecified atom stereocenters. The zero-order chi connectivity index (χ0) is 20.8. The summed E-state index contributed by atoms with van der Waals surface area (Å²) in [5.41, 5.74) is 7.94. The van der Waals surface area contributed by atoms with Crippen LogP contribution in [-0.4, -0.2) is 34.5 Å². The number of fused-ring (bicyclic) bond motifs is 1. The molecule has 0 bridgehead atoms. The molecule has 3 aromatic rings. The fourth-order valence-electron chi connectivity index (χ4n) is 3.19. The smallest absolute Gasteiger partial charge is 0.328 e. The van der Waals surface area contributed by atoms with E-state index in [-0.39, 0.29) is 24.8 Å². The van der Waals surface area contributed by atoms with Gasteiger partial charge in [-0.05, 0) is 25.0 Å². The molecule has 0 aliphatic rings. The second kappa shape index (κ2) is 9.38. The predicted octanol–water partition coefficient (Wildman–Crippen LogP) is 2.86. The highest BCUT2D eigenvalue weighted by atomic mass is 16.5. The van der Waals surface area contributed by atoms with Gasteiger partial charge in [0.25, 0.3) is 5.91 Å². The average Bonchev–Trinajstić information content (AvgIpc) is 3.36. The van der Waals surface area contributed by atoms with Crippen molar-refractivity contribution in [1.82, 2.24) is 15.3 Å². The van der Waals surface area contributed by atoms with Crippen LogP contribution in [0.25, 0.3) is 10.9 Å². The maximum absolute atomic E-state index is 12.7. The number of amides is 1. The van der Waals surface area contributed by atoms with Crippen LogP contribution in [-0.2, 0) is 16.0 Å². The van der Waals surface area contributed by atoms with E-state index in [1.807, 2.05) is 37.4 Å². The maximum Gasteiger partial charge on any atom is 0.328 e. The van der Waals surface area contributed by atoms with Crippen LogP contribution in [0.4, 0.5) is 0 Å². The molecule has 0 aliphatic heterocycles. The first-order valence-electron chi connectivity index (χ1n) is 9.77. The monoisotopic (exact) mass is 398 g/mol. The Labute approximate surface area is 168 Å². The summed E-state index contributed by atoms with van der Waals surface area (Å²) in [6, 6.07) is 6.55. The zero-order valence-electron chi connectivity index (χ0n) is 16.6. The van der Waals surface area contributed by atoms with Gasteiger partial charge in [-0.3, -0.25) is 4.79 Å². The quantitative estimate of drug-likeness (QED) is 0.476. The van der Waals surface area contributed by atoms with Crippen LogP contribution in [0.5, 0.6) is 0 Å². The first-order chi connectivity index (χ1) is 14.0. The van der Waals surface area contributed by atoms with Crippen LogP contribution in [0.1, 0.15) is 54.7 Å². The maximum atomic E-state index is 12.7. The minimum absolute atomic E-state index is 0.0831. The number of nitrogens with zero attached hydrogens (tertiary/aromatic N) is 1. The number of H-pyrrole nitrogens is 1. The molecule has 8 heteroatoms. The third-order valence-electron chi connectivity index (χ3n) is 4.65. The summed E-state index contributed by atoms with van der Waals surface area (Å²) in [6.07, 6.45) is 4.96. The number of nitrogens with two attached hydrogens (primary N) is 1. The first-order valence-corrected chi connectivity index (χ1v) is 9.77. The third kappa shape index (κ3) is 4.83. The Bertz CT molecular complexity index is 978. The molecule has 0 aliphatic carbocycles. The van der Waals surface area contributed by atoms with Gasteiger partial charge in [-0.2, -0.15) is 0 Å². The molecule has 154 valence electrons. The molecule has 2 heterocycles. The molecule has 3 rings (SSSR count). The third-order valence-corrected chi connectivity index (χ3v) is 4.65. The second-order valence-corrected chi connectivity index (χ2v) is 6.81. The van der Waals surface area contributed by atoms with E-state index >= 15 is 0 Å². The summed E-state index contributed by atoms with van der Waals surface area (Å²) in [6.45, 7) is 3.95. The van der Waals surface area contributed by atoms with Gasteiger partial charge in [-0.15, -0.1) is 0 Å². The lowest BCUT2D eigenvalue weighted by Crippen LogP contribution is -2.43. The van der Waals surface area contributed by atoms with Gasteiger partial charge in [0, 0.05) is 23.5 Å². The molecule has 0 spiro atoms. The molecular weight excluding hydrogens is 372 g/mol. The van der Waals surface area contributed by atoms with E-state index in [1.165, 1.54) is 6.26 Å². The van der Waals surface area contributed by atoms with Crippen molar-refractivity contribution in [2.75, 3.05) is 6.61 Å². The topological polar surface area (TPSA) is 123 Å². The number of carbonyl (C=O) groups is 2. The van der Waals surface area contributed by atoms with Gasteiger partial charge in [0.2, 0.25) is 5.89 Å². The number of rotatable bonds is 9. The molecule has 1 amide bonds. The molecular formula is C21H26N4O4. The van der Waals surface area contributed by atoms with Crippen molar-refractivity contribution < 1.29 is 18.7 Å². The minimum Gasteiger partial charge on any atom is -0.464 e. The van der Waals surface area contributed by atoms with Crippen LogP contribution in [0.15, 0.2) is 41.1 Å². The summed E-state index contributed by atoms with van der Waals surface area (Å²) >= 11 is 0. The molecule has 8 nitrogen and oxygen atoms in total. The fourth-order valence-corrected chi connectivity index (χ4v) is 3.19. The van der Waals surface area contributed by atoms with Crippen molar-refractivity contribution in [3.05, 3.63) is 53.9 Å². The fraction of sp³-hybridized carbons (Fsp3) is 0.381. The Hall–Kier alpha value is -3.13. The number of para-hydroxylation sites is 1. The molecule has 29 heavy (non-hydrogen) atoms. The van der Waals surface area contributed by atoms with Crippen LogP contribution in [0.3, 0.4) is 0 Å². The number of aromatic nitrogens is 2. The normalized spacial score (nSPS) is 13.2. The molecule has 0 saturated carbocycles. The number of oxazole rings is 1. The van der Waals surface area contributed by atoms with E-state index in [1.54, 1.807) is 6.92 Å². The zero-order valence-corrected chi connectivity index (χ0v) is 16.6. The molecule has 0 saturated heterocycles. The summed E-state index contributed by atoms with van der Waals surface area (Å²) in [5, 5.41) is 3.71. The van der Waals surface area contributed by atoms with Crippen molar-refractivity contribution in [3.8, 4) is 0 Å². The average molecular weight is 398 g/mol. The summed E-state index contributed by atoms with van der Waals surface area (Å²) in [4.78, 5) is 32.5. The van der Waals surface area contributed by atoms with Gasteiger partial charge in [0.1, 0.15) is 12.3 Å². The van der Waals surface area contributed by atoms with E-state index in [0.717, 1.165) is 22.9 Å². The number of benzene rings is 1. The van der Waals surface area contributed by atoms with Gasteiger partial charge in [-0.25, -0.2) is 9.78 Å². The Balaban J connectivity index is 1.77. The van der Waals surface area contributed by atoms with E-state index in [4.69, 9.17) is 14.9 Å².